The largest absolute Gasteiger partial charge is 0.507 e. The van der Waals surface area contributed by atoms with Crippen LogP contribution in [0.25, 0.3) is 0 Å². The molecule has 0 rings (SSSR count). The molecule has 0 amide bonds. The first-order valence-electron chi connectivity index (χ1n) is 2.44. The molecule has 0 aliphatic rings. The summed E-state index contributed by atoms with van der Waals surface area (Å²) in [5.41, 5.74) is 0. The molecule has 4 nitrogen and oxygen atoms in total. The Labute approximate surface area is 49.2 Å². The lowest BCUT2D eigenvalue weighted by Gasteiger charge is -2.07. The fourth-order valence-corrected chi connectivity index (χ4v) is 0.878. The summed E-state index contributed by atoms with van der Waals surface area (Å²) < 4.78 is 0. The highest BCUT2D eigenvalue weighted by Gasteiger charge is 2.25. The minimum Gasteiger partial charge on any atom is -0.389 e. The maximum Gasteiger partial charge on any atom is 0.507 e. The van der Waals surface area contributed by atoms with Crippen LogP contribution in [0.2, 0.25) is 0 Å². The molecule has 0 fully saturated rings. The molecule has 0 aliphatic carbocycles. The molecule has 0 aliphatic heterocycles. The van der Waals surface area contributed by atoms with Crippen LogP contribution in [0.5, 0.6) is 0 Å². The van der Waals surface area contributed by atoms with Crippen molar-refractivity contribution in [2.75, 3.05) is 12.7 Å². The molecule has 50 valence electrons. The van der Waals surface area contributed by atoms with Gasteiger partial charge in [0.1, 0.15) is 0 Å². The molecule has 0 saturated carbocycles. The van der Waals surface area contributed by atoms with Gasteiger partial charge in [-0.05, 0) is 6.54 Å². The summed E-state index contributed by atoms with van der Waals surface area (Å²) in [7, 11) is -3.79. The van der Waals surface area contributed by atoms with Crippen LogP contribution in [-0.4, -0.2) is 35.9 Å². The van der Waals surface area contributed by atoms with Gasteiger partial charge in [-0.1, -0.05) is 6.92 Å². The van der Waals surface area contributed by atoms with E-state index in [9.17, 15) is 0 Å². The molecule has 4 N–H and O–H groups in total. The third-order valence-electron chi connectivity index (χ3n) is 0.612. The second-order valence-electron chi connectivity index (χ2n) is 1.55. The maximum atomic E-state index is 8.34. The van der Waals surface area contributed by atoms with E-state index in [2.05, 4.69) is 5.32 Å². The van der Waals surface area contributed by atoms with Crippen molar-refractivity contribution in [1.29, 1.82) is 0 Å². The van der Waals surface area contributed by atoms with Gasteiger partial charge in [0.2, 0.25) is 0 Å². The van der Waals surface area contributed by atoms with Gasteiger partial charge in [0.15, 0.2) is 0 Å². The van der Waals surface area contributed by atoms with Gasteiger partial charge in [-0.25, -0.2) is 0 Å². The number of hydrogen-bond donors (Lipinski definition) is 4. The fraction of sp³-hybridized carbons (Fsp3) is 1.00. The first kappa shape index (κ1) is 8.06. The molecule has 0 aromatic heterocycles. The Morgan fingerprint density at radius 3 is 2.00 bits per heavy atom. The van der Waals surface area contributed by atoms with E-state index in [0.29, 0.717) is 6.54 Å². The Morgan fingerprint density at radius 1 is 1.38 bits per heavy atom. The highest BCUT2D eigenvalue weighted by atomic mass is 28.4. The molecule has 0 saturated heterocycles. The Hall–Kier alpha value is 0.0569. The molecule has 8 heavy (non-hydrogen) atoms. The maximum absolute atomic E-state index is 8.34. The standard InChI is InChI=1S/C3H11NO3Si/c1-2-4-3-8(5,6)7/h4-7H,2-3H2,1H3. The number of rotatable bonds is 3. The average molecular weight is 137 g/mol. The zero-order chi connectivity index (χ0) is 6.62. The third kappa shape index (κ3) is 6.06. The van der Waals surface area contributed by atoms with Crippen molar-refractivity contribution in [3.63, 3.8) is 0 Å². The second kappa shape index (κ2) is 3.16. The van der Waals surface area contributed by atoms with Crippen molar-refractivity contribution >= 4 is 8.80 Å². The van der Waals surface area contributed by atoms with E-state index in [0.717, 1.165) is 0 Å². The van der Waals surface area contributed by atoms with Crippen molar-refractivity contribution in [2.24, 2.45) is 0 Å². The van der Waals surface area contributed by atoms with Crippen LogP contribution in [0.15, 0.2) is 0 Å². The fourth-order valence-electron chi connectivity index (χ4n) is 0.293. The topological polar surface area (TPSA) is 72.7 Å². The van der Waals surface area contributed by atoms with Crippen LogP contribution in [0, 0.1) is 0 Å². The van der Waals surface area contributed by atoms with Gasteiger partial charge >= 0.3 is 8.80 Å². The summed E-state index contributed by atoms with van der Waals surface area (Å²) in [6.07, 6.45) is -0.0799. The normalized spacial score (nSPS) is 12.0. The van der Waals surface area contributed by atoms with Crippen molar-refractivity contribution in [2.45, 2.75) is 6.92 Å². The van der Waals surface area contributed by atoms with Crippen molar-refractivity contribution in [3.05, 3.63) is 0 Å². The van der Waals surface area contributed by atoms with Gasteiger partial charge in [-0.2, -0.15) is 0 Å². The summed E-state index contributed by atoms with van der Waals surface area (Å²) in [5.74, 6) is 0. The Kier molecular flexibility index (Phi) is 3.18. The van der Waals surface area contributed by atoms with Gasteiger partial charge in [-0.15, -0.1) is 0 Å². The molecule has 0 radical (unpaired) electrons. The molecular formula is C3H11NO3Si. The summed E-state index contributed by atoms with van der Waals surface area (Å²) in [5, 5.41) is 2.60. The van der Waals surface area contributed by atoms with E-state index < -0.39 is 8.80 Å². The highest BCUT2D eigenvalue weighted by Crippen LogP contribution is 1.78. The van der Waals surface area contributed by atoms with E-state index in [1.165, 1.54) is 0 Å². The second-order valence-corrected chi connectivity index (χ2v) is 3.46. The minimum absolute atomic E-state index is 0.0799. The van der Waals surface area contributed by atoms with Crippen molar-refractivity contribution in [1.82, 2.24) is 5.32 Å². The van der Waals surface area contributed by atoms with Crippen molar-refractivity contribution < 1.29 is 14.4 Å². The smallest absolute Gasteiger partial charge is 0.389 e. The Morgan fingerprint density at radius 2 is 1.88 bits per heavy atom. The lowest BCUT2D eigenvalue weighted by atomic mass is 10.8. The van der Waals surface area contributed by atoms with Crippen molar-refractivity contribution in [3.8, 4) is 0 Å². The molecule has 0 unspecified atom stereocenters. The van der Waals surface area contributed by atoms with E-state index in [1.807, 2.05) is 6.92 Å². The van der Waals surface area contributed by atoms with E-state index in [4.69, 9.17) is 14.4 Å². The SMILES string of the molecule is CCNC[Si](O)(O)O. The van der Waals surface area contributed by atoms with Crippen LogP contribution >= 0.6 is 0 Å². The third-order valence-corrected chi connectivity index (χ3v) is 1.34. The molecule has 0 aromatic carbocycles. The number of hydrogen-bond acceptors (Lipinski definition) is 4. The van der Waals surface area contributed by atoms with Gasteiger partial charge < -0.3 is 19.7 Å². The van der Waals surface area contributed by atoms with E-state index >= 15 is 0 Å². The minimum atomic E-state index is -3.79. The predicted molar refractivity (Wildman–Crippen MR) is 31.0 cm³/mol. The quantitative estimate of drug-likeness (QED) is 0.341. The summed E-state index contributed by atoms with van der Waals surface area (Å²) in [6.45, 7) is 2.45. The van der Waals surface area contributed by atoms with E-state index in [1.54, 1.807) is 0 Å². The lowest BCUT2D eigenvalue weighted by molar-refractivity contribution is 0.225. The molecule has 0 heterocycles. The van der Waals surface area contributed by atoms with Gasteiger partial charge in [-0.3, -0.25) is 0 Å². The van der Waals surface area contributed by atoms with E-state index in [-0.39, 0.29) is 6.17 Å². The van der Waals surface area contributed by atoms with Crippen LogP contribution in [0.4, 0.5) is 0 Å². The first-order valence-corrected chi connectivity index (χ1v) is 4.49. The summed E-state index contributed by atoms with van der Waals surface area (Å²) in [4.78, 5) is 25.0. The average Bonchev–Trinajstić information content (AvgIpc) is 1.59. The zero-order valence-electron chi connectivity index (χ0n) is 4.76. The Bertz CT molecular complexity index is 62.0. The molecular weight excluding hydrogens is 126 g/mol. The summed E-state index contributed by atoms with van der Waals surface area (Å²) >= 11 is 0. The van der Waals surface area contributed by atoms with Crippen LogP contribution in [-0.2, 0) is 0 Å². The van der Waals surface area contributed by atoms with Gasteiger partial charge in [0.05, 0.1) is 6.17 Å². The van der Waals surface area contributed by atoms with Crippen LogP contribution < -0.4 is 5.32 Å². The van der Waals surface area contributed by atoms with Crippen LogP contribution in [0.1, 0.15) is 6.92 Å². The molecule has 0 atom stereocenters. The van der Waals surface area contributed by atoms with Crippen LogP contribution in [0.3, 0.4) is 0 Å². The number of nitrogens with one attached hydrogen (secondary N) is 1. The molecule has 0 aromatic rings. The molecule has 5 heteroatoms. The van der Waals surface area contributed by atoms with Gasteiger partial charge in [0, 0.05) is 0 Å². The first-order chi connectivity index (χ1) is 3.56. The van der Waals surface area contributed by atoms with Gasteiger partial charge in [0.25, 0.3) is 0 Å². The summed E-state index contributed by atoms with van der Waals surface area (Å²) in [6, 6.07) is 0. The monoisotopic (exact) mass is 137 g/mol. The predicted octanol–water partition coefficient (Wildman–Crippen LogP) is -1.95. The lowest BCUT2D eigenvalue weighted by Crippen LogP contribution is -2.46. The zero-order valence-corrected chi connectivity index (χ0v) is 5.76. The Balaban J connectivity index is 3.11. The molecule has 0 spiro atoms. The highest BCUT2D eigenvalue weighted by molar-refractivity contribution is 6.56. The molecule has 0 bridgehead atoms.